The van der Waals surface area contributed by atoms with Gasteiger partial charge in [0.05, 0.1) is 6.10 Å². The highest BCUT2D eigenvalue weighted by molar-refractivity contribution is 5.91. The van der Waals surface area contributed by atoms with Gasteiger partial charge in [-0.25, -0.2) is 0 Å². The van der Waals surface area contributed by atoms with E-state index in [1.807, 2.05) is 0 Å². The Labute approximate surface area is 92.0 Å². The molecule has 86 valence electrons. The zero-order chi connectivity index (χ0) is 11.0. The van der Waals surface area contributed by atoms with Crippen molar-refractivity contribution in [3.05, 3.63) is 0 Å². The number of rotatable bonds is 0. The van der Waals surface area contributed by atoms with Gasteiger partial charge in [-0.15, -0.1) is 0 Å². The van der Waals surface area contributed by atoms with Crippen LogP contribution in [-0.2, 0) is 23.8 Å². The Morgan fingerprint density at radius 2 is 2.19 bits per heavy atom. The van der Waals surface area contributed by atoms with E-state index in [1.54, 1.807) is 0 Å². The number of ketones is 1. The third-order valence-corrected chi connectivity index (χ3v) is 4.62. The van der Waals surface area contributed by atoms with Gasteiger partial charge in [-0.3, -0.25) is 9.59 Å². The summed E-state index contributed by atoms with van der Waals surface area (Å²) in [5.74, 6) is -0.128. The second kappa shape index (κ2) is 2.49. The monoisotopic (exact) mass is 224 g/mol. The van der Waals surface area contributed by atoms with Crippen LogP contribution in [0.15, 0.2) is 0 Å². The van der Waals surface area contributed by atoms with E-state index in [-0.39, 0.29) is 24.5 Å². The van der Waals surface area contributed by atoms with Crippen LogP contribution >= 0.6 is 0 Å². The number of fused-ring (bicyclic) bond motifs is 1. The molecule has 4 atom stereocenters. The molecule has 0 aromatic carbocycles. The predicted octanol–water partition coefficient (Wildman–Crippen LogP) is -0.181. The van der Waals surface area contributed by atoms with Crippen LogP contribution in [0.2, 0.25) is 0 Å². The van der Waals surface area contributed by atoms with E-state index in [9.17, 15) is 9.59 Å². The highest BCUT2D eigenvalue weighted by Crippen LogP contribution is 2.61. The maximum atomic E-state index is 12.0. The topological polar surface area (TPSA) is 61.8 Å². The smallest absolute Gasteiger partial charge is 0.315 e. The SMILES string of the molecule is O=C1C[C@@H]2OCCC34CC1OC23COC4=O. The fourth-order valence-corrected chi connectivity index (χ4v) is 3.76. The minimum Gasteiger partial charge on any atom is -0.462 e. The van der Waals surface area contributed by atoms with Crippen LogP contribution in [0, 0.1) is 5.41 Å². The molecule has 1 spiro atoms. The van der Waals surface area contributed by atoms with E-state index >= 15 is 0 Å². The summed E-state index contributed by atoms with van der Waals surface area (Å²) < 4.78 is 16.6. The molecule has 4 aliphatic heterocycles. The van der Waals surface area contributed by atoms with Crippen molar-refractivity contribution in [2.24, 2.45) is 5.41 Å². The summed E-state index contributed by atoms with van der Waals surface area (Å²) in [6, 6.07) is 0. The Bertz CT molecular complexity index is 405. The van der Waals surface area contributed by atoms with Crippen LogP contribution in [0.1, 0.15) is 19.3 Å². The van der Waals surface area contributed by atoms with E-state index in [2.05, 4.69) is 0 Å². The van der Waals surface area contributed by atoms with Gasteiger partial charge in [0.15, 0.2) is 5.78 Å². The molecule has 3 unspecified atom stereocenters. The largest absolute Gasteiger partial charge is 0.462 e. The second-order valence-corrected chi connectivity index (χ2v) is 5.14. The van der Waals surface area contributed by atoms with E-state index < -0.39 is 17.1 Å². The van der Waals surface area contributed by atoms with Gasteiger partial charge < -0.3 is 14.2 Å². The quantitative estimate of drug-likeness (QED) is 0.534. The van der Waals surface area contributed by atoms with E-state index in [0.29, 0.717) is 25.9 Å². The molecule has 2 bridgehead atoms. The van der Waals surface area contributed by atoms with Crippen molar-refractivity contribution in [1.29, 1.82) is 0 Å². The summed E-state index contributed by atoms with van der Waals surface area (Å²) in [4.78, 5) is 23.7. The molecule has 0 N–H and O–H groups in total. The Balaban J connectivity index is 1.92. The molecule has 5 heteroatoms. The van der Waals surface area contributed by atoms with E-state index in [1.165, 1.54) is 0 Å². The third kappa shape index (κ3) is 0.729. The average Bonchev–Trinajstić information content (AvgIpc) is 2.74. The Kier molecular flexibility index (Phi) is 1.42. The lowest BCUT2D eigenvalue weighted by Gasteiger charge is -2.45. The van der Waals surface area contributed by atoms with Crippen LogP contribution in [0.4, 0.5) is 0 Å². The van der Waals surface area contributed by atoms with Gasteiger partial charge in [0.1, 0.15) is 23.7 Å². The van der Waals surface area contributed by atoms with E-state index in [4.69, 9.17) is 14.2 Å². The number of hydrogen-bond donors (Lipinski definition) is 0. The van der Waals surface area contributed by atoms with Gasteiger partial charge in [0.2, 0.25) is 0 Å². The number of cyclic esters (lactones) is 1. The molecule has 0 aromatic heterocycles. The summed E-state index contributed by atoms with van der Waals surface area (Å²) in [7, 11) is 0. The van der Waals surface area contributed by atoms with Crippen LogP contribution in [0.25, 0.3) is 0 Å². The van der Waals surface area contributed by atoms with Crippen molar-refractivity contribution < 1.29 is 23.8 Å². The minimum absolute atomic E-state index is 0.0686. The van der Waals surface area contributed by atoms with Crippen LogP contribution < -0.4 is 0 Å². The lowest BCUT2D eigenvalue weighted by molar-refractivity contribution is -0.213. The highest BCUT2D eigenvalue weighted by Gasteiger charge is 2.76. The van der Waals surface area contributed by atoms with Crippen LogP contribution in [-0.4, -0.2) is 42.8 Å². The molecule has 5 nitrogen and oxygen atoms in total. The van der Waals surface area contributed by atoms with Crippen molar-refractivity contribution >= 4 is 11.8 Å². The maximum absolute atomic E-state index is 12.0. The molecule has 0 radical (unpaired) electrons. The zero-order valence-corrected chi connectivity index (χ0v) is 8.73. The first kappa shape index (κ1) is 9.13. The van der Waals surface area contributed by atoms with Crippen molar-refractivity contribution in [3.8, 4) is 0 Å². The standard InChI is InChI=1S/C11H12O5/c12-6-3-8-11-5-15-9(13)10(11,1-2-14-8)4-7(6)16-11/h7-8H,1-5H2/t7?,8-,10?,11?/m0/s1. The predicted molar refractivity (Wildman–Crippen MR) is 49.6 cm³/mol. The Morgan fingerprint density at radius 1 is 1.31 bits per heavy atom. The number of hydrogen-bond acceptors (Lipinski definition) is 5. The van der Waals surface area contributed by atoms with E-state index in [0.717, 1.165) is 0 Å². The molecule has 0 saturated carbocycles. The average molecular weight is 224 g/mol. The molecule has 4 saturated heterocycles. The summed E-state index contributed by atoms with van der Waals surface area (Å²) >= 11 is 0. The van der Waals surface area contributed by atoms with Crippen molar-refractivity contribution in [2.75, 3.05) is 13.2 Å². The van der Waals surface area contributed by atoms with Gasteiger partial charge in [-0.05, 0) is 12.8 Å². The fraction of sp³-hybridized carbons (Fsp3) is 0.818. The first-order valence-corrected chi connectivity index (χ1v) is 5.67. The van der Waals surface area contributed by atoms with Gasteiger partial charge in [0, 0.05) is 13.0 Å². The molecule has 16 heavy (non-hydrogen) atoms. The van der Waals surface area contributed by atoms with Crippen LogP contribution in [0.3, 0.4) is 0 Å². The lowest BCUT2D eigenvalue weighted by atomic mass is 9.67. The summed E-state index contributed by atoms with van der Waals surface area (Å²) in [6.07, 6.45) is 0.768. The summed E-state index contributed by atoms with van der Waals surface area (Å²) in [5.41, 5.74) is -1.27. The molecule has 4 heterocycles. The van der Waals surface area contributed by atoms with Gasteiger partial charge in [-0.2, -0.15) is 0 Å². The molecule has 0 aliphatic carbocycles. The molecular formula is C11H12O5. The molecule has 4 aliphatic rings. The highest BCUT2D eigenvalue weighted by atomic mass is 16.6. The summed E-state index contributed by atoms with van der Waals surface area (Å²) in [5, 5.41) is 0. The van der Waals surface area contributed by atoms with Gasteiger partial charge in [0.25, 0.3) is 0 Å². The summed E-state index contributed by atoms with van der Waals surface area (Å²) in [6.45, 7) is 0.769. The number of carbonyl (C=O) groups is 2. The molecular weight excluding hydrogens is 212 g/mol. The number of esters is 1. The third-order valence-electron chi connectivity index (χ3n) is 4.62. The lowest BCUT2D eigenvalue weighted by Crippen LogP contribution is -2.61. The number of carbonyl (C=O) groups excluding carboxylic acids is 2. The molecule has 0 aromatic rings. The number of ether oxygens (including phenoxy) is 3. The van der Waals surface area contributed by atoms with Crippen molar-refractivity contribution in [1.82, 2.24) is 0 Å². The maximum Gasteiger partial charge on any atom is 0.315 e. The first-order valence-electron chi connectivity index (χ1n) is 5.67. The second-order valence-electron chi connectivity index (χ2n) is 5.14. The minimum atomic E-state index is -0.666. The first-order chi connectivity index (χ1) is 7.68. The van der Waals surface area contributed by atoms with Crippen molar-refractivity contribution in [2.45, 2.75) is 37.1 Å². The fourth-order valence-electron chi connectivity index (χ4n) is 3.76. The Hall–Kier alpha value is -0.940. The van der Waals surface area contributed by atoms with Crippen LogP contribution in [0.5, 0.6) is 0 Å². The number of Topliss-reactive ketones (excluding diaryl/α,β-unsaturated/α-hetero) is 1. The molecule has 4 rings (SSSR count). The Morgan fingerprint density at radius 3 is 3.06 bits per heavy atom. The van der Waals surface area contributed by atoms with Gasteiger partial charge in [-0.1, -0.05) is 0 Å². The zero-order valence-electron chi connectivity index (χ0n) is 8.73. The van der Waals surface area contributed by atoms with Gasteiger partial charge >= 0.3 is 5.97 Å². The molecule has 0 amide bonds. The van der Waals surface area contributed by atoms with Crippen molar-refractivity contribution in [3.63, 3.8) is 0 Å². The normalized spacial score (nSPS) is 53.8. The molecule has 4 fully saturated rings.